The van der Waals surface area contributed by atoms with Gasteiger partial charge in [0.15, 0.2) is 5.65 Å². The average molecular weight is 365 g/mol. The summed E-state index contributed by atoms with van der Waals surface area (Å²) in [4.78, 5) is 4.54. The minimum absolute atomic E-state index is 0.210. The van der Waals surface area contributed by atoms with Gasteiger partial charge >= 0.3 is 0 Å². The van der Waals surface area contributed by atoms with Crippen molar-refractivity contribution in [3.63, 3.8) is 0 Å². The van der Waals surface area contributed by atoms with Crippen molar-refractivity contribution in [2.45, 2.75) is 24.7 Å². The van der Waals surface area contributed by atoms with Crippen molar-refractivity contribution in [3.05, 3.63) is 59.0 Å². The summed E-state index contributed by atoms with van der Waals surface area (Å²) in [6.07, 6.45) is 5.10. The van der Waals surface area contributed by atoms with Crippen LogP contribution in [0.15, 0.2) is 47.6 Å². The highest BCUT2D eigenvalue weighted by atomic mass is 35.5. The molecule has 0 amide bonds. The number of nitrogens with zero attached hydrogens (tertiary/aromatic N) is 3. The smallest absolute Gasteiger partial charge is 0.237 e. The third-order valence-corrected chi connectivity index (χ3v) is 5.28. The van der Waals surface area contributed by atoms with Crippen molar-refractivity contribution < 1.29 is 8.42 Å². The van der Waals surface area contributed by atoms with Gasteiger partial charge in [-0.2, -0.15) is 5.10 Å². The molecule has 126 valence electrons. The quantitative estimate of drug-likeness (QED) is 0.682. The van der Waals surface area contributed by atoms with Crippen LogP contribution in [0.3, 0.4) is 0 Å². The highest BCUT2D eigenvalue weighted by Crippen LogP contribution is 2.14. The van der Waals surface area contributed by atoms with Crippen LogP contribution in [-0.2, 0) is 16.4 Å². The highest BCUT2D eigenvalue weighted by Gasteiger charge is 2.12. The third-order valence-electron chi connectivity index (χ3n) is 3.55. The Kier molecular flexibility index (Phi) is 4.84. The molecule has 0 radical (unpaired) electrons. The molecule has 1 N–H and O–H groups in total. The van der Waals surface area contributed by atoms with E-state index < -0.39 is 10.0 Å². The standard InChI is InChI=1S/C16H17ClN4O2S/c1-12-9-16-18-10-13(11-21(16)20-12)3-2-8-19-24(22,23)15-6-4-14(17)5-7-15/h4-7,9-11,19H,2-3,8H2,1H3. The van der Waals surface area contributed by atoms with Gasteiger partial charge in [-0.1, -0.05) is 11.6 Å². The molecular formula is C16H17ClN4O2S. The zero-order valence-electron chi connectivity index (χ0n) is 13.1. The number of fused-ring (bicyclic) bond motifs is 1. The molecule has 0 aliphatic heterocycles. The van der Waals surface area contributed by atoms with Crippen molar-refractivity contribution >= 4 is 27.3 Å². The van der Waals surface area contributed by atoms with Crippen LogP contribution in [0.5, 0.6) is 0 Å². The van der Waals surface area contributed by atoms with Gasteiger partial charge < -0.3 is 0 Å². The first-order chi connectivity index (χ1) is 11.4. The molecule has 0 aliphatic rings. The van der Waals surface area contributed by atoms with Gasteiger partial charge in [-0.25, -0.2) is 22.6 Å². The monoisotopic (exact) mass is 364 g/mol. The molecule has 0 bridgehead atoms. The van der Waals surface area contributed by atoms with Gasteiger partial charge in [0, 0.05) is 30.0 Å². The summed E-state index contributed by atoms with van der Waals surface area (Å²) in [6.45, 7) is 2.26. The zero-order chi connectivity index (χ0) is 17.2. The van der Waals surface area contributed by atoms with Gasteiger partial charge in [0.1, 0.15) is 0 Å². The van der Waals surface area contributed by atoms with E-state index in [0.29, 0.717) is 24.4 Å². The molecule has 0 atom stereocenters. The van der Waals surface area contributed by atoms with E-state index in [2.05, 4.69) is 14.8 Å². The van der Waals surface area contributed by atoms with E-state index in [-0.39, 0.29) is 4.90 Å². The fourth-order valence-corrected chi connectivity index (χ4v) is 3.56. The highest BCUT2D eigenvalue weighted by molar-refractivity contribution is 7.89. The van der Waals surface area contributed by atoms with Gasteiger partial charge in [-0.05, 0) is 49.6 Å². The van der Waals surface area contributed by atoms with Crippen molar-refractivity contribution in [2.75, 3.05) is 6.54 Å². The maximum Gasteiger partial charge on any atom is 0.240 e. The first-order valence-electron chi connectivity index (χ1n) is 7.50. The van der Waals surface area contributed by atoms with E-state index in [1.807, 2.05) is 19.2 Å². The normalized spacial score (nSPS) is 11.9. The Bertz CT molecular complexity index is 952. The summed E-state index contributed by atoms with van der Waals surface area (Å²) >= 11 is 5.77. The number of rotatable bonds is 6. The lowest BCUT2D eigenvalue weighted by Crippen LogP contribution is -2.25. The van der Waals surface area contributed by atoms with E-state index in [4.69, 9.17) is 11.6 Å². The molecule has 6 nitrogen and oxygen atoms in total. The Morgan fingerprint density at radius 2 is 2.00 bits per heavy atom. The second kappa shape index (κ2) is 6.88. The number of nitrogens with one attached hydrogen (secondary N) is 1. The topological polar surface area (TPSA) is 76.4 Å². The molecule has 0 fully saturated rings. The molecule has 8 heteroatoms. The molecular weight excluding hydrogens is 348 g/mol. The maximum atomic E-state index is 12.2. The molecule has 0 unspecified atom stereocenters. The van der Waals surface area contributed by atoms with Crippen LogP contribution in [-0.4, -0.2) is 29.6 Å². The summed E-state index contributed by atoms with van der Waals surface area (Å²) in [6, 6.07) is 8.00. The average Bonchev–Trinajstić information content (AvgIpc) is 2.91. The third kappa shape index (κ3) is 3.92. The summed E-state index contributed by atoms with van der Waals surface area (Å²) in [5.74, 6) is 0. The Labute approximate surface area is 145 Å². The predicted molar refractivity (Wildman–Crippen MR) is 92.7 cm³/mol. The van der Waals surface area contributed by atoms with E-state index >= 15 is 0 Å². The number of hydrogen-bond acceptors (Lipinski definition) is 4. The largest absolute Gasteiger partial charge is 0.240 e. The summed E-state index contributed by atoms with van der Waals surface area (Å²) in [7, 11) is -3.50. The summed E-state index contributed by atoms with van der Waals surface area (Å²) in [5.41, 5.74) is 2.73. The number of sulfonamides is 1. The van der Waals surface area contributed by atoms with Crippen LogP contribution in [0.4, 0.5) is 0 Å². The molecule has 0 saturated heterocycles. The second-order valence-electron chi connectivity index (χ2n) is 5.51. The second-order valence-corrected chi connectivity index (χ2v) is 7.71. The lowest BCUT2D eigenvalue weighted by Gasteiger charge is -2.07. The van der Waals surface area contributed by atoms with Crippen LogP contribution in [0.2, 0.25) is 5.02 Å². The maximum absolute atomic E-state index is 12.2. The fraction of sp³-hybridized carbons (Fsp3) is 0.250. The number of benzene rings is 1. The zero-order valence-corrected chi connectivity index (χ0v) is 14.7. The molecule has 0 aliphatic carbocycles. The van der Waals surface area contributed by atoms with E-state index in [9.17, 15) is 8.42 Å². The number of aromatic nitrogens is 3. The summed E-state index contributed by atoms with van der Waals surface area (Å²) < 4.78 is 28.6. The Balaban J connectivity index is 1.56. The lowest BCUT2D eigenvalue weighted by atomic mass is 10.2. The van der Waals surface area contributed by atoms with Gasteiger partial charge in [0.2, 0.25) is 10.0 Å². The van der Waals surface area contributed by atoms with Crippen molar-refractivity contribution in [2.24, 2.45) is 0 Å². The summed E-state index contributed by atoms with van der Waals surface area (Å²) in [5, 5.41) is 4.83. The molecule has 0 spiro atoms. The van der Waals surface area contributed by atoms with Crippen LogP contribution in [0.1, 0.15) is 17.7 Å². The lowest BCUT2D eigenvalue weighted by molar-refractivity contribution is 0.579. The van der Waals surface area contributed by atoms with Crippen LogP contribution in [0, 0.1) is 6.92 Å². The number of halogens is 1. The Hall–Kier alpha value is -1.96. The number of aryl methyl sites for hydroxylation is 2. The molecule has 0 saturated carbocycles. The first-order valence-corrected chi connectivity index (χ1v) is 9.36. The SMILES string of the molecule is Cc1cc2ncc(CCCNS(=O)(=O)c3ccc(Cl)cc3)cn2n1. The van der Waals surface area contributed by atoms with Crippen molar-refractivity contribution in [1.29, 1.82) is 0 Å². The minimum atomic E-state index is -3.50. The van der Waals surface area contributed by atoms with E-state index in [0.717, 1.165) is 16.9 Å². The molecule has 1 aromatic carbocycles. The molecule has 3 rings (SSSR count). The molecule has 24 heavy (non-hydrogen) atoms. The number of hydrogen-bond donors (Lipinski definition) is 1. The first kappa shape index (κ1) is 16.9. The van der Waals surface area contributed by atoms with Crippen LogP contribution < -0.4 is 4.72 Å². The van der Waals surface area contributed by atoms with Gasteiger partial charge in [0.05, 0.1) is 10.6 Å². The fourth-order valence-electron chi connectivity index (χ4n) is 2.36. The van der Waals surface area contributed by atoms with E-state index in [1.54, 1.807) is 22.8 Å². The van der Waals surface area contributed by atoms with Crippen LogP contribution in [0.25, 0.3) is 5.65 Å². The molecule has 2 heterocycles. The molecule has 3 aromatic rings. The molecule has 2 aromatic heterocycles. The minimum Gasteiger partial charge on any atom is -0.237 e. The Morgan fingerprint density at radius 3 is 2.75 bits per heavy atom. The van der Waals surface area contributed by atoms with Crippen molar-refractivity contribution in [1.82, 2.24) is 19.3 Å². The Morgan fingerprint density at radius 1 is 1.25 bits per heavy atom. The van der Waals surface area contributed by atoms with Crippen molar-refractivity contribution in [3.8, 4) is 0 Å². The van der Waals surface area contributed by atoms with Gasteiger partial charge in [0.25, 0.3) is 0 Å². The van der Waals surface area contributed by atoms with E-state index in [1.165, 1.54) is 12.1 Å². The van der Waals surface area contributed by atoms with Gasteiger partial charge in [-0.15, -0.1) is 0 Å². The van der Waals surface area contributed by atoms with Crippen LogP contribution >= 0.6 is 11.6 Å². The van der Waals surface area contributed by atoms with Gasteiger partial charge in [-0.3, -0.25) is 0 Å². The predicted octanol–water partition coefficient (Wildman–Crippen LogP) is 2.60.